The van der Waals surface area contributed by atoms with Gasteiger partial charge >= 0.3 is 0 Å². The second-order valence-corrected chi connectivity index (χ2v) is 9.22. The summed E-state index contributed by atoms with van der Waals surface area (Å²) in [6, 6.07) is 8.53. The first-order valence-electron chi connectivity index (χ1n) is 11.6. The molecule has 2 aromatic carbocycles. The summed E-state index contributed by atoms with van der Waals surface area (Å²) in [6.45, 7) is 8.68. The third kappa shape index (κ3) is 4.16. The fourth-order valence-corrected chi connectivity index (χ4v) is 4.56. The molecular weight excluding hydrogens is 434 g/mol. The molecule has 0 saturated carbocycles. The van der Waals surface area contributed by atoms with Gasteiger partial charge in [0.2, 0.25) is 5.76 Å². The van der Waals surface area contributed by atoms with Gasteiger partial charge < -0.3 is 23.9 Å². The molecule has 34 heavy (non-hydrogen) atoms. The van der Waals surface area contributed by atoms with E-state index in [1.807, 2.05) is 26.0 Å². The van der Waals surface area contributed by atoms with E-state index in [9.17, 15) is 14.7 Å². The smallest absolute Gasteiger partial charge is 0.290 e. The van der Waals surface area contributed by atoms with Crippen LogP contribution in [-0.4, -0.2) is 42.8 Å². The highest BCUT2D eigenvalue weighted by atomic mass is 16.5. The van der Waals surface area contributed by atoms with E-state index >= 15 is 0 Å². The van der Waals surface area contributed by atoms with Crippen molar-refractivity contribution in [3.63, 3.8) is 0 Å². The van der Waals surface area contributed by atoms with E-state index in [0.717, 1.165) is 16.7 Å². The quantitative estimate of drug-likeness (QED) is 0.531. The van der Waals surface area contributed by atoms with Crippen molar-refractivity contribution >= 4 is 16.9 Å². The fourth-order valence-electron chi connectivity index (χ4n) is 4.56. The lowest BCUT2D eigenvalue weighted by Crippen LogP contribution is -2.31. The number of aliphatic hydroxyl groups is 1. The molecule has 2 heterocycles. The largest absolute Gasteiger partial charge is 0.493 e. The number of carbonyl (C=O) groups is 1. The Morgan fingerprint density at radius 3 is 2.56 bits per heavy atom. The number of carbonyl (C=O) groups excluding carboxylic acids is 1. The minimum absolute atomic E-state index is 0.0598. The number of aryl methyl sites for hydroxylation is 2. The SMILES string of the molecule is COc1cc(C2c3c(oc4cc(C)cc(C)c4c3=O)C(=O)N2CCCO)ccc1OCC(C)C. The minimum atomic E-state index is -0.650. The standard InChI is InChI=1S/C27H31NO6/c1-15(2)14-33-19-8-7-18(13-20(19)32-5)24-23-25(30)22-17(4)11-16(3)12-21(22)34-26(23)27(31)28(24)9-6-10-29/h7-8,11-13,15,24,29H,6,9-10,14H2,1-5H3. The van der Waals surface area contributed by atoms with E-state index in [-0.39, 0.29) is 30.2 Å². The van der Waals surface area contributed by atoms with Crippen molar-refractivity contribution in [2.75, 3.05) is 26.9 Å². The van der Waals surface area contributed by atoms with Crippen molar-refractivity contribution in [1.29, 1.82) is 0 Å². The van der Waals surface area contributed by atoms with Crippen LogP contribution in [0.25, 0.3) is 11.0 Å². The molecule has 0 radical (unpaired) electrons. The molecule has 1 amide bonds. The first-order chi connectivity index (χ1) is 16.3. The van der Waals surface area contributed by atoms with Crippen LogP contribution < -0.4 is 14.9 Å². The highest BCUT2D eigenvalue weighted by Crippen LogP contribution is 2.41. The zero-order valence-electron chi connectivity index (χ0n) is 20.3. The van der Waals surface area contributed by atoms with Crippen molar-refractivity contribution in [3.05, 3.63) is 68.6 Å². The highest BCUT2D eigenvalue weighted by molar-refractivity contribution is 5.99. The van der Waals surface area contributed by atoms with Crippen LogP contribution in [0.3, 0.4) is 0 Å². The number of benzene rings is 2. The number of rotatable bonds is 8. The van der Waals surface area contributed by atoms with Crippen LogP contribution in [0.1, 0.15) is 59.1 Å². The molecule has 180 valence electrons. The molecule has 1 unspecified atom stereocenters. The van der Waals surface area contributed by atoms with Gasteiger partial charge in [-0.1, -0.05) is 26.0 Å². The Bertz CT molecular complexity index is 1290. The molecule has 3 aromatic rings. The van der Waals surface area contributed by atoms with Gasteiger partial charge in [-0.2, -0.15) is 0 Å². The van der Waals surface area contributed by atoms with Crippen LogP contribution in [-0.2, 0) is 0 Å². The lowest BCUT2D eigenvalue weighted by molar-refractivity contribution is 0.0716. The third-order valence-corrected chi connectivity index (χ3v) is 6.04. The van der Waals surface area contributed by atoms with E-state index in [0.29, 0.717) is 47.0 Å². The van der Waals surface area contributed by atoms with Crippen LogP contribution in [0.4, 0.5) is 0 Å². The van der Waals surface area contributed by atoms with Crippen molar-refractivity contribution in [2.24, 2.45) is 5.92 Å². The number of ether oxygens (including phenoxy) is 2. The van der Waals surface area contributed by atoms with Crippen molar-refractivity contribution in [2.45, 2.75) is 40.2 Å². The summed E-state index contributed by atoms with van der Waals surface area (Å²) >= 11 is 0. The molecule has 1 aliphatic heterocycles. The van der Waals surface area contributed by atoms with Gasteiger partial charge in [0.15, 0.2) is 16.9 Å². The summed E-state index contributed by atoms with van der Waals surface area (Å²) < 4.78 is 17.5. The van der Waals surface area contributed by atoms with E-state index in [1.54, 1.807) is 30.2 Å². The summed E-state index contributed by atoms with van der Waals surface area (Å²) in [5, 5.41) is 9.91. The summed E-state index contributed by atoms with van der Waals surface area (Å²) in [4.78, 5) is 28.8. The maximum Gasteiger partial charge on any atom is 0.290 e. The Labute approximate surface area is 198 Å². The summed E-state index contributed by atoms with van der Waals surface area (Å²) in [5.74, 6) is 1.18. The molecule has 7 nitrogen and oxygen atoms in total. The molecule has 1 atom stereocenters. The van der Waals surface area contributed by atoms with Gasteiger partial charge in [-0.15, -0.1) is 0 Å². The molecule has 0 saturated heterocycles. The molecule has 0 bridgehead atoms. The fraction of sp³-hybridized carbons (Fsp3) is 0.407. The Morgan fingerprint density at radius 2 is 1.88 bits per heavy atom. The topological polar surface area (TPSA) is 89.2 Å². The summed E-state index contributed by atoms with van der Waals surface area (Å²) in [6.07, 6.45) is 0.384. The normalized spacial score (nSPS) is 15.3. The maximum absolute atomic E-state index is 13.8. The minimum Gasteiger partial charge on any atom is -0.493 e. The van der Waals surface area contributed by atoms with Gasteiger partial charge in [0.1, 0.15) is 5.58 Å². The third-order valence-electron chi connectivity index (χ3n) is 6.04. The van der Waals surface area contributed by atoms with Crippen molar-refractivity contribution in [3.8, 4) is 11.5 Å². The number of hydrogen-bond acceptors (Lipinski definition) is 6. The highest BCUT2D eigenvalue weighted by Gasteiger charge is 2.42. The maximum atomic E-state index is 13.8. The number of aliphatic hydroxyl groups excluding tert-OH is 1. The van der Waals surface area contributed by atoms with E-state index < -0.39 is 6.04 Å². The number of hydrogen-bond donors (Lipinski definition) is 1. The van der Waals surface area contributed by atoms with Gasteiger partial charge in [-0.25, -0.2) is 0 Å². The molecule has 7 heteroatoms. The molecule has 0 fully saturated rings. The molecular formula is C27H31NO6. The Balaban J connectivity index is 1.90. The van der Waals surface area contributed by atoms with Crippen LogP contribution in [0.15, 0.2) is 39.5 Å². The second-order valence-electron chi connectivity index (χ2n) is 9.22. The van der Waals surface area contributed by atoms with Crippen LogP contribution in [0, 0.1) is 19.8 Å². The summed E-state index contributed by atoms with van der Waals surface area (Å²) in [5.41, 5.74) is 3.00. The van der Waals surface area contributed by atoms with Crippen molar-refractivity contribution < 1.29 is 23.8 Å². The average molecular weight is 466 g/mol. The van der Waals surface area contributed by atoms with E-state index in [1.165, 1.54) is 0 Å². The van der Waals surface area contributed by atoms with Gasteiger partial charge in [0.25, 0.3) is 5.91 Å². The number of nitrogens with zero attached hydrogens (tertiary/aromatic N) is 1. The number of fused-ring (bicyclic) bond motifs is 2. The Kier molecular flexibility index (Phi) is 6.66. The van der Waals surface area contributed by atoms with Crippen molar-refractivity contribution in [1.82, 2.24) is 4.90 Å². The monoisotopic (exact) mass is 465 g/mol. The number of methoxy groups -OCH3 is 1. The molecule has 1 N–H and O–H groups in total. The van der Waals surface area contributed by atoms with Gasteiger partial charge in [-0.05, 0) is 61.1 Å². The van der Waals surface area contributed by atoms with Gasteiger partial charge in [0, 0.05) is 13.2 Å². The lowest BCUT2D eigenvalue weighted by Gasteiger charge is -2.25. The zero-order chi connectivity index (χ0) is 24.6. The summed E-state index contributed by atoms with van der Waals surface area (Å²) in [7, 11) is 1.56. The van der Waals surface area contributed by atoms with Crippen LogP contribution in [0.2, 0.25) is 0 Å². The van der Waals surface area contributed by atoms with Gasteiger partial charge in [0.05, 0.1) is 30.7 Å². The first-order valence-corrected chi connectivity index (χ1v) is 11.6. The number of amides is 1. The molecule has 0 spiro atoms. The molecule has 1 aliphatic rings. The molecule has 4 rings (SSSR count). The Morgan fingerprint density at radius 1 is 1.12 bits per heavy atom. The van der Waals surface area contributed by atoms with E-state index in [4.69, 9.17) is 13.9 Å². The van der Waals surface area contributed by atoms with Gasteiger partial charge in [-0.3, -0.25) is 9.59 Å². The zero-order valence-corrected chi connectivity index (χ0v) is 20.3. The predicted molar refractivity (Wildman–Crippen MR) is 130 cm³/mol. The average Bonchev–Trinajstić information content (AvgIpc) is 3.07. The van der Waals surface area contributed by atoms with E-state index in [2.05, 4.69) is 13.8 Å². The van der Waals surface area contributed by atoms with Crippen LogP contribution in [0.5, 0.6) is 11.5 Å². The second kappa shape index (κ2) is 9.50. The predicted octanol–water partition coefficient (Wildman–Crippen LogP) is 4.38. The van der Waals surface area contributed by atoms with Crippen LogP contribution >= 0.6 is 0 Å². The molecule has 1 aromatic heterocycles. The first kappa shape index (κ1) is 23.8. The molecule has 0 aliphatic carbocycles. The Hall–Kier alpha value is -3.32. The lowest BCUT2D eigenvalue weighted by atomic mass is 9.96.